The van der Waals surface area contributed by atoms with Gasteiger partial charge in [-0.2, -0.15) is 0 Å². The SMILES string of the molecule is CCOC(=O)N1CCS[C@@]1(C)[C@@H](OC)c1ccccc1. The Morgan fingerprint density at radius 1 is 1.45 bits per heavy atom. The third kappa shape index (κ3) is 2.79. The fourth-order valence-electron chi connectivity index (χ4n) is 2.63. The van der Waals surface area contributed by atoms with Crippen LogP contribution in [0.5, 0.6) is 0 Å². The molecule has 0 bridgehead atoms. The van der Waals surface area contributed by atoms with E-state index in [1.165, 1.54) is 0 Å². The lowest BCUT2D eigenvalue weighted by atomic mass is 10.0. The van der Waals surface area contributed by atoms with Gasteiger partial charge >= 0.3 is 6.09 Å². The van der Waals surface area contributed by atoms with Gasteiger partial charge in [0.05, 0.1) is 6.61 Å². The molecule has 0 spiro atoms. The monoisotopic (exact) mass is 295 g/mol. The first-order valence-electron chi connectivity index (χ1n) is 6.79. The van der Waals surface area contributed by atoms with Gasteiger partial charge < -0.3 is 9.47 Å². The molecule has 2 atom stereocenters. The van der Waals surface area contributed by atoms with Crippen LogP contribution in [0.2, 0.25) is 0 Å². The maximum atomic E-state index is 12.1. The first-order chi connectivity index (χ1) is 9.63. The van der Waals surface area contributed by atoms with Crippen LogP contribution in [0.15, 0.2) is 30.3 Å². The zero-order chi connectivity index (χ0) is 14.6. The maximum absolute atomic E-state index is 12.1. The second kappa shape index (κ2) is 6.50. The third-order valence-electron chi connectivity index (χ3n) is 3.56. The minimum absolute atomic E-state index is 0.180. The molecule has 20 heavy (non-hydrogen) atoms. The van der Waals surface area contributed by atoms with E-state index in [1.807, 2.05) is 44.2 Å². The topological polar surface area (TPSA) is 38.8 Å². The van der Waals surface area contributed by atoms with Crippen molar-refractivity contribution in [2.45, 2.75) is 24.8 Å². The first-order valence-corrected chi connectivity index (χ1v) is 7.78. The van der Waals surface area contributed by atoms with Gasteiger partial charge in [-0.05, 0) is 19.4 Å². The normalized spacial score (nSPS) is 23.6. The van der Waals surface area contributed by atoms with E-state index in [4.69, 9.17) is 9.47 Å². The summed E-state index contributed by atoms with van der Waals surface area (Å²) in [6.45, 7) is 4.94. The number of carbonyl (C=O) groups is 1. The third-order valence-corrected chi connectivity index (χ3v) is 4.96. The van der Waals surface area contributed by atoms with E-state index in [9.17, 15) is 4.79 Å². The Labute approximate surface area is 124 Å². The van der Waals surface area contributed by atoms with Crippen LogP contribution >= 0.6 is 11.8 Å². The van der Waals surface area contributed by atoms with Crippen LogP contribution in [0.3, 0.4) is 0 Å². The van der Waals surface area contributed by atoms with E-state index in [2.05, 4.69) is 0 Å². The molecule has 110 valence electrons. The van der Waals surface area contributed by atoms with Crippen LogP contribution in [-0.2, 0) is 9.47 Å². The number of thioether (sulfide) groups is 1. The largest absolute Gasteiger partial charge is 0.450 e. The summed E-state index contributed by atoms with van der Waals surface area (Å²) >= 11 is 1.73. The lowest BCUT2D eigenvalue weighted by Gasteiger charge is -2.39. The standard InChI is InChI=1S/C15H21NO3S/c1-4-19-14(17)16-10-11-20-15(16,2)13(18-3)12-8-6-5-7-9-12/h5-9,13H,4,10-11H2,1-3H3/t13-,15-/m0/s1. The lowest BCUT2D eigenvalue weighted by molar-refractivity contribution is 0.00714. The van der Waals surface area contributed by atoms with E-state index >= 15 is 0 Å². The molecule has 4 nitrogen and oxygen atoms in total. The van der Waals surface area contributed by atoms with Crippen molar-refractivity contribution >= 4 is 17.9 Å². The number of carbonyl (C=O) groups excluding carboxylic acids is 1. The molecule has 1 saturated heterocycles. The summed E-state index contributed by atoms with van der Waals surface area (Å²) < 4.78 is 10.9. The Kier molecular flexibility index (Phi) is 4.94. The van der Waals surface area contributed by atoms with Crippen LogP contribution in [0.1, 0.15) is 25.5 Å². The number of ether oxygens (including phenoxy) is 2. The minimum atomic E-state index is -0.442. The van der Waals surface area contributed by atoms with E-state index < -0.39 is 4.87 Å². The highest BCUT2D eigenvalue weighted by Gasteiger charge is 2.48. The van der Waals surface area contributed by atoms with Crippen molar-refractivity contribution in [3.63, 3.8) is 0 Å². The molecule has 0 N–H and O–H groups in total. The van der Waals surface area contributed by atoms with Crippen LogP contribution in [0.25, 0.3) is 0 Å². The number of rotatable bonds is 4. The van der Waals surface area contributed by atoms with E-state index in [1.54, 1.807) is 23.8 Å². The highest BCUT2D eigenvalue weighted by molar-refractivity contribution is 8.00. The summed E-state index contributed by atoms with van der Waals surface area (Å²) in [6.07, 6.45) is -0.446. The summed E-state index contributed by atoms with van der Waals surface area (Å²) in [6, 6.07) is 10.0. The summed E-state index contributed by atoms with van der Waals surface area (Å²) in [7, 11) is 1.69. The number of benzene rings is 1. The zero-order valence-corrected chi connectivity index (χ0v) is 13.0. The van der Waals surface area contributed by atoms with Gasteiger partial charge in [0.2, 0.25) is 0 Å². The molecular weight excluding hydrogens is 274 g/mol. The second-order valence-electron chi connectivity index (χ2n) is 4.78. The number of methoxy groups -OCH3 is 1. The molecule has 5 heteroatoms. The molecule has 0 aromatic heterocycles. The Hall–Kier alpha value is -1.20. The summed E-state index contributed by atoms with van der Waals surface area (Å²) in [4.78, 5) is 13.5. The molecule has 1 aliphatic rings. The average Bonchev–Trinajstić information content (AvgIpc) is 2.84. The molecule has 0 unspecified atom stereocenters. The molecule has 1 amide bonds. The van der Waals surface area contributed by atoms with Crippen LogP contribution < -0.4 is 0 Å². The van der Waals surface area contributed by atoms with E-state index in [0.717, 1.165) is 11.3 Å². The molecule has 1 heterocycles. The Bertz CT molecular complexity index is 454. The summed E-state index contributed by atoms with van der Waals surface area (Å²) in [5, 5.41) is 0. The van der Waals surface area contributed by atoms with Crippen molar-refractivity contribution in [1.29, 1.82) is 0 Å². The van der Waals surface area contributed by atoms with Gasteiger partial charge in [0.1, 0.15) is 11.0 Å². The smallest absolute Gasteiger partial charge is 0.410 e. The minimum Gasteiger partial charge on any atom is -0.450 e. The van der Waals surface area contributed by atoms with Crippen molar-refractivity contribution in [1.82, 2.24) is 4.90 Å². The second-order valence-corrected chi connectivity index (χ2v) is 6.30. The molecule has 1 aromatic carbocycles. The van der Waals surface area contributed by atoms with Crippen molar-refractivity contribution in [2.75, 3.05) is 26.0 Å². The number of amides is 1. The fraction of sp³-hybridized carbons (Fsp3) is 0.533. The predicted molar refractivity (Wildman–Crippen MR) is 80.8 cm³/mol. The van der Waals surface area contributed by atoms with Crippen molar-refractivity contribution in [3.05, 3.63) is 35.9 Å². The number of hydrogen-bond donors (Lipinski definition) is 0. The Balaban J connectivity index is 2.29. The van der Waals surface area contributed by atoms with E-state index in [0.29, 0.717) is 13.2 Å². The van der Waals surface area contributed by atoms with Crippen molar-refractivity contribution < 1.29 is 14.3 Å². The van der Waals surface area contributed by atoms with Gasteiger partial charge in [-0.15, -0.1) is 11.8 Å². The number of hydrogen-bond acceptors (Lipinski definition) is 4. The molecule has 2 rings (SSSR count). The van der Waals surface area contributed by atoms with Gasteiger partial charge in [-0.3, -0.25) is 4.90 Å². The highest BCUT2D eigenvalue weighted by atomic mass is 32.2. The molecule has 1 fully saturated rings. The Morgan fingerprint density at radius 3 is 2.75 bits per heavy atom. The van der Waals surface area contributed by atoms with Gasteiger partial charge in [-0.25, -0.2) is 4.79 Å². The summed E-state index contributed by atoms with van der Waals surface area (Å²) in [5.41, 5.74) is 1.07. The molecule has 0 radical (unpaired) electrons. The molecule has 1 aromatic rings. The van der Waals surface area contributed by atoms with Crippen LogP contribution in [0.4, 0.5) is 4.79 Å². The van der Waals surface area contributed by atoms with Gasteiger partial charge in [0, 0.05) is 19.4 Å². The maximum Gasteiger partial charge on any atom is 0.410 e. The summed E-state index contributed by atoms with van der Waals surface area (Å²) in [5.74, 6) is 0.891. The first kappa shape index (κ1) is 15.2. The van der Waals surface area contributed by atoms with Gasteiger partial charge in [-0.1, -0.05) is 30.3 Å². The van der Waals surface area contributed by atoms with Gasteiger partial charge in [0.15, 0.2) is 0 Å². The van der Waals surface area contributed by atoms with Crippen molar-refractivity contribution in [2.24, 2.45) is 0 Å². The zero-order valence-electron chi connectivity index (χ0n) is 12.2. The van der Waals surface area contributed by atoms with Crippen LogP contribution in [0, 0.1) is 0 Å². The van der Waals surface area contributed by atoms with Gasteiger partial charge in [0.25, 0.3) is 0 Å². The molecule has 0 aliphatic carbocycles. The van der Waals surface area contributed by atoms with Crippen LogP contribution in [-0.4, -0.2) is 41.9 Å². The lowest BCUT2D eigenvalue weighted by Crippen LogP contribution is -2.48. The average molecular weight is 295 g/mol. The van der Waals surface area contributed by atoms with E-state index in [-0.39, 0.29) is 12.2 Å². The predicted octanol–water partition coefficient (Wildman–Crippen LogP) is 3.30. The van der Waals surface area contributed by atoms with Crippen molar-refractivity contribution in [3.8, 4) is 0 Å². The molecular formula is C15H21NO3S. The molecule has 1 aliphatic heterocycles. The number of nitrogens with zero attached hydrogens (tertiary/aromatic N) is 1. The molecule has 0 saturated carbocycles. The Morgan fingerprint density at radius 2 is 2.15 bits per heavy atom. The highest BCUT2D eigenvalue weighted by Crippen LogP contribution is 2.46. The quantitative estimate of drug-likeness (QED) is 0.854. The fourth-order valence-corrected chi connectivity index (χ4v) is 4.02.